The fourth-order valence-electron chi connectivity index (χ4n) is 3.89. The third kappa shape index (κ3) is 4.40. The van der Waals surface area contributed by atoms with Gasteiger partial charge in [-0.3, -0.25) is 0 Å². The van der Waals surface area contributed by atoms with E-state index in [0.29, 0.717) is 6.61 Å². The molecule has 0 saturated carbocycles. The zero-order valence-electron chi connectivity index (χ0n) is 16.5. The molecule has 4 heteroatoms. The molecule has 0 bridgehead atoms. The van der Waals surface area contributed by atoms with Gasteiger partial charge in [-0.05, 0) is 15.4 Å². The molecule has 0 spiro atoms. The highest BCUT2D eigenvalue weighted by molar-refractivity contribution is 7.99. The Balaban J connectivity index is 1.99. The Bertz CT molecular complexity index is 700. The van der Waals surface area contributed by atoms with E-state index in [9.17, 15) is 5.11 Å². The van der Waals surface area contributed by atoms with Crippen LogP contribution in [0.1, 0.15) is 20.8 Å². The lowest BCUT2D eigenvalue weighted by Gasteiger charge is -2.43. The van der Waals surface area contributed by atoms with Crippen LogP contribution in [0.4, 0.5) is 0 Å². The van der Waals surface area contributed by atoms with Gasteiger partial charge in [0, 0.05) is 17.4 Å². The van der Waals surface area contributed by atoms with Crippen molar-refractivity contribution in [1.82, 2.24) is 0 Å². The lowest BCUT2D eigenvalue weighted by Crippen LogP contribution is -2.67. The summed E-state index contributed by atoms with van der Waals surface area (Å²) in [4.78, 5) is 0. The monoisotopic (exact) mass is 398 g/mol. The molecule has 1 aliphatic rings. The van der Waals surface area contributed by atoms with E-state index >= 15 is 0 Å². The summed E-state index contributed by atoms with van der Waals surface area (Å²) in [6.07, 6.45) is 3.83. The quantitative estimate of drug-likeness (QED) is 0.592. The number of hydrogen-bond donors (Lipinski definition) is 1. The fourth-order valence-corrected chi connectivity index (χ4v) is 9.46. The van der Waals surface area contributed by atoms with Crippen LogP contribution in [-0.4, -0.2) is 37.6 Å². The van der Waals surface area contributed by atoms with Crippen LogP contribution in [-0.2, 0) is 4.43 Å². The zero-order valence-corrected chi connectivity index (χ0v) is 18.3. The van der Waals surface area contributed by atoms with Gasteiger partial charge in [-0.2, -0.15) is 11.8 Å². The van der Waals surface area contributed by atoms with Gasteiger partial charge in [-0.25, -0.2) is 0 Å². The third-order valence-electron chi connectivity index (χ3n) is 5.29. The lowest BCUT2D eigenvalue weighted by molar-refractivity contribution is 0.0761. The van der Waals surface area contributed by atoms with Crippen molar-refractivity contribution in [1.29, 1.82) is 0 Å². The van der Waals surface area contributed by atoms with Gasteiger partial charge in [0.1, 0.15) is 0 Å². The molecular weight excluding hydrogens is 368 g/mol. The smallest absolute Gasteiger partial charge is 0.261 e. The fraction of sp³-hybridized carbons (Fsp3) is 0.391. The normalized spacial score (nSPS) is 19.0. The minimum atomic E-state index is -2.57. The third-order valence-corrected chi connectivity index (χ3v) is 11.3. The molecule has 1 N–H and O–H groups in total. The summed E-state index contributed by atoms with van der Waals surface area (Å²) in [6, 6.07) is 21.2. The molecule has 0 amide bonds. The predicted octanol–water partition coefficient (Wildman–Crippen LogP) is 3.84. The average molecular weight is 399 g/mol. The van der Waals surface area contributed by atoms with Crippen molar-refractivity contribution in [2.24, 2.45) is 5.92 Å². The first-order valence-corrected chi connectivity index (χ1v) is 12.7. The van der Waals surface area contributed by atoms with Crippen LogP contribution in [0.3, 0.4) is 0 Å². The molecule has 2 atom stereocenters. The van der Waals surface area contributed by atoms with Crippen LogP contribution < -0.4 is 10.4 Å². The molecule has 0 fully saturated rings. The molecule has 2 aromatic carbocycles. The maximum absolute atomic E-state index is 10.8. The minimum absolute atomic E-state index is 0.0629. The summed E-state index contributed by atoms with van der Waals surface area (Å²) in [6.45, 7) is 7.16. The Morgan fingerprint density at radius 2 is 1.59 bits per heavy atom. The number of aliphatic hydroxyl groups is 1. The predicted molar refractivity (Wildman–Crippen MR) is 120 cm³/mol. The van der Waals surface area contributed by atoms with E-state index in [0.717, 1.165) is 11.5 Å². The van der Waals surface area contributed by atoms with Crippen LogP contribution in [0.2, 0.25) is 5.04 Å². The molecule has 0 unspecified atom stereocenters. The first-order valence-electron chi connectivity index (χ1n) is 9.62. The van der Waals surface area contributed by atoms with Crippen molar-refractivity contribution in [3.63, 3.8) is 0 Å². The summed E-state index contributed by atoms with van der Waals surface area (Å²) in [5, 5.41) is 13.3. The Morgan fingerprint density at radius 3 is 2.04 bits per heavy atom. The van der Waals surface area contributed by atoms with Gasteiger partial charge in [0.2, 0.25) is 0 Å². The van der Waals surface area contributed by atoms with Crippen LogP contribution in [0, 0.1) is 5.92 Å². The average Bonchev–Trinajstić information content (AvgIpc) is 2.69. The van der Waals surface area contributed by atoms with Crippen molar-refractivity contribution < 1.29 is 9.53 Å². The van der Waals surface area contributed by atoms with Crippen molar-refractivity contribution in [2.75, 3.05) is 18.1 Å². The van der Waals surface area contributed by atoms with Gasteiger partial charge < -0.3 is 9.53 Å². The highest BCUT2D eigenvalue weighted by Gasteiger charge is 2.50. The van der Waals surface area contributed by atoms with Crippen LogP contribution >= 0.6 is 11.8 Å². The second kappa shape index (κ2) is 8.78. The van der Waals surface area contributed by atoms with E-state index in [1.54, 1.807) is 0 Å². The van der Waals surface area contributed by atoms with Crippen molar-refractivity contribution >= 4 is 30.5 Å². The van der Waals surface area contributed by atoms with E-state index < -0.39 is 14.4 Å². The van der Waals surface area contributed by atoms with Gasteiger partial charge in [-0.1, -0.05) is 93.6 Å². The molecule has 1 aliphatic heterocycles. The van der Waals surface area contributed by atoms with Gasteiger partial charge >= 0.3 is 0 Å². The molecule has 3 rings (SSSR count). The first-order chi connectivity index (χ1) is 12.9. The molecule has 27 heavy (non-hydrogen) atoms. The minimum Gasteiger partial charge on any atom is -0.405 e. The van der Waals surface area contributed by atoms with E-state index in [1.165, 1.54) is 10.4 Å². The summed E-state index contributed by atoms with van der Waals surface area (Å²) in [5.41, 5.74) is 0. The van der Waals surface area contributed by atoms with Crippen molar-refractivity contribution in [3.8, 4) is 0 Å². The largest absolute Gasteiger partial charge is 0.405 e. The van der Waals surface area contributed by atoms with E-state index in [4.69, 9.17) is 4.43 Å². The summed E-state index contributed by atoms with van der Waals surface area (Å²) in [7, 11) is -2.57. The van der Waals surface area contributed by atoms with Crippen LogP contribution in [0.5, 0.6) is 0 Å². The highest BCUT2D eigenvalue weighted by atomic mass is 32.2. The first kappa shape index (κ1) is 20.4. The number of aliphatic hydroxyl groups excluding tert-OH is 1. The second-order valence-corrected chi connectivity index (χ2v) is 13.6. The number of benzene rings is 2. The molecule has 1 heterocycles. The zero-order chi connectivity index (χ0) is 19.3. The van der Waals surface area contributed by atoms with E-state index in [2.05, 4.69) is 93.6 Å². The maximum Gasteiger partial charge on any atom is 0.261 e. The molecule has 2 aromatic rings. The molecule has 0 aromatic heterocycles. The van der Waals surface area contributed by atoms with Crippen LogP contribution in [0.25, 0.3) is 0 Å². The summed E-state index contributed by atoms with van der Waals surface area (Å²) >= 11 is 1.87. The van der Waals surface area contributed by atoms with Crippen molar-refractivity contribution in [3.05, 3.63) is 72.8 Å². The molecule has 0 radical (unpaired) electrons. The Labute approximate surface area is 168 Å². The SMILES string of the molecule is CC(C)(C)[Si](OC[C@H](O)[C@H]1C=CCSC1)(c1ccccc1)c1ccccc1. The standard InChI is InChI=1S/C23H30O2SSi/c1-23(2,3)27(20-12-6-4-7-13-20,21-14-8-5-9-15-21)25-17-22(24)19-11-10-16-26-18-19/h4-15,19,22,24H,16-18H2,1-3H3/t19-,22-/m0/s1. The highest BCUT2D eigenvalue weighted by Crippen LogP contribution is 2.37. The van der Waals surface area contributed by atoms with E-state index in [-0.39, 0.29) is 11.0 Å². The van der Waals surface area contributed by atoms with Gasteiger partial charge in [0.15, 0.2) is 0 Å². The molecule has 0 saturated heterocycles. The number of hydrogen-bond acceptors (Lipinski definition) is 3. The van der Waals surface area contributed by atoms with Gasteiger partial charge in [0.25, 0.3) is 8.32 Å². The molecule has 2 nitrogen and oxygen atoms in total. The van der Waals surface area contributed by atoms with Crippen molar-refractivity contribution in [2.45, 2.75) is 31.9 Å². The Morgan fingerprint density at radius 1 is 1.04 bits per heavy atom. The Hall–Kier alpha value is -1.33. The van der Waals surface area contributed by atoms with Gasteiger partial charge in [-0.15, -0.1) is 0 Å². The maximum atomic E-state index is 10.8. The second-order valence-electron chi connectivity index (χ2n) is 8.17. The van der Waals surface area contributed by atoms with Crippen LogP contribution in [0.15, 0.2) is 72.8 Å². The molecule has 144 valence electrons. The summed E-state index contributed by atoms with van der Waals surface area (Å²) < 4.78 is 6.83. The molecular formula is C23H30O2SSi. The number of thioether (sulfide) groups is 1. The van der Waals surface area contributed by atoms with Gasteiger partial charge in [0.05, 0.1) is 12.7 Å². The Kier molecular flexibility index (Phi) is 6.64. The molecule has 0 aliphatic carbocycles. The summed E-state index contributed by atoms with van der Waals surface area (Å²) in [5.74, 6) is 2.17. The lowest BCUT2D eigenvalue weighted by atomic mass is 10.1. The number of rotatable bonds is 6. The van der Waals surface area contributed by atoms with E-state index in [1.807, 2.05) is 11.8 Å². The topological polar surface area (TPSA) is 29.5 Å².